The molecule has 0 aliphatic rings. The quantitative estimate of drug-likeness (QED) is 0.256. The van der Waals surface area contributed by atoms with Crippen molar-refractivity contribution < 1.29 is 19.1 Å². The number of esters is 1. The summed E-state index contributed by atoms with van der Waals surface area (Å²) in [5.41, 5.74) is -0.465. The molecule has 0 unspecified atom stereocenters. The summed E-state index contributed by atoms with van der Waals surface area (Å²) in [6.45, 7) is 8.83. The Bertz CT molecular complexity index is 377. The molecule has 0 aliphatic carbocycles. The number of amides is 1. The fourth-order valence-electron chi connectivity index (χ4n) is 2.75. The van der Waals surface area contributed by atoms with E-state index in [1.807, 2.05) is 20.8 Å². The molecule has 5 heteroatoms. The summed E-state index contributed by atoms with van der Waals surface area (Å²) in [4.78, 5) is 23.1. The van der Waals surface area contributed by atoms with Crippen molar-refractivity contribution in [3.8, 4) is 0 Å². The molecule has 0 fully saturated rings. The predicted octanol–water partition coefficient (Wildman–Crippen LogP) is 6.15. The summed E-state index contributed by atoms with van der Waals surface area (Å²) in [5.74, 6) is -0.0789. The molecule has 1 amide bonds. The average Bonchev–Trinajstić information content (AvgIpc) is 2.58. The van der Waals surface area contributed by atoms with Crippen molar-refractivity contribution in [2.75, 3.05) is 13.2 Å². The fraction of sp³-hybridized carbons (Fsp3) is 0.909. The van der Waals surface area contributed by atoms with E-state index in [9.17, 15) is 9.59 Å². The number of ether oxygens (including phenoxy) is 2. The Kier molecular flexibility index (Phi) is 16.1. The Balaban J connectivity index is 3.31. The molecule has 0 radical (unpaired) electrons. The number of hydrogen-bond donors (Lipinski definition) is 1. The Morgan fingerprint density at radius 1 is 0.778 bits per heavy atom. The van der Waals surface area contributed by atoms with E-state index in [-0.39, 0.29) is 12.1 Å². The molecular weight excluding hydrogens is 342 g/mol. The molecule has 5 nitrogen and oxygen atoms in total. The van der Waals surface area contributed by atoms with Crippen molar-refractivity contribution in [2.24, 2.45) is 0 Å². The van der Waals surface area contributed by atoms with Gasteiger partial charge in [0.15, 0.2) is 0 Å². The lowest BCUT2D eigenvalue weighted by Crippen LogP contribution is -2.33. The SMILES string of the molecule is CCCCCCCCCCCC(=O)OCCCCCNC(=O)OC(C)(C)C. The van der Waals surface area contributed by atoms with Gasteiger partial charge in [0, 0.05) is 13.0 Å². The summed E-state index contributed by atoms with van der Waals surface area (Å²) >= 11 is 0. The van der Waals surface area contributed by atoms with Gasteiger partial charge in [-0.15, -0.1) is 0 Å². The Labute approximate surface area is 167 Å². The van der Waals surface area contributed by atoms with Crippen molar-refractivity contribution in [1.29, 1.82) is 0 Å². The maximum absolute atomic E-state index is 11.7. The van der Waals surface area contributed by atoms with Gasteiger partial charge in [0.1, 0.15) is 5.60 Å². The van der Waals surface area contributed by atoms with Crippen LogP contribution in [0.5, 0.6) is 0 Å². The van der Waals surface area contributed by atoms with Gasteiger partial charge in [0.25, 0.3) is 0 Å². The topological polar surface area (TPSA) is 64.6 Å². The third kappa shape index (κ3) is 20.9. The zero-order valence-corrected chi connectivity index (χ0v) is 18.2. The molecule has 27 heavy (non-hydrogen) atoms. The normalized spacial score (nSPS) is 11.3. The van der Waals surface area contributed by atoms with Crippen LogP contribution in [0.25, 0.3) is 0 Å². The number of carbonyl (C=O) groups is 2. The van der Waals surface area contributed by atoms with Gasteiger partial charge in [0.05, 0.1) is 6.61 Å². The fourth-order valence-corrected chi connectivity index (χ4v) is 2.75. The first-order chi connectivity index (χ1) is 12.8. The summed E-state index contributed by atoms with van der Waals surface area (Å²) < 4.78 is 10.4. The second-order valence-electron chi connectivity index (χ2n) is 8.29. The van der Waals surface area contributed by atoms with Gasteiger partial charge in [-0.2, -0.15) is 0 Å². The zero-order chi connectivity index (χ0) is 20.4. The summed E-state index contributed by atoms with van der Waals surface area (Å²) in [6, 6.07) is 0. The van der Waals surface area contributed by atoms with Crippen LogP contribution in [0, 0.1) is 0 Å². The average molecular weight is 386 g/mol. The van der Waals surface area contributed by atoms with E-state index in [0.717, 1.165) is 32.1 Å². The molecule has 0 atom stereocenters. The van der Waals surface area contributed by atoms with Gasteiger partial charge in [0.2, 0.25) is 0 Å². The van der Waals surface area contributed by atoms with Gasteiger partial charge >= 0.3 is 12.1 Å². The minimum absolute atomic E-state index is 0.0789. The molecule has 0 bridgehead atoms. The highest BCUT2D eigenvalue weighted by Gasteiger charge is 2.15. The molecule has 0 rings (SSSR count). The minimum atomic E-state index is -0.465. The largest absolute Gasteiger partial charge is 0.466 e. The van der Waals surface area contributed by atoms with Crippen LogP contribution in [-0.2, 0) is 14.3 Å². The van der Waals surface area contributed by atoms with E-state index in [0.29, 0.717) is 19.6 Å². The Morgan fingerprint density at radius 2 is 1.33 bits per heavy atom. The monoisotopic (exact) mass is 385 g/mol. The smallest absolute Gasteiger partial charge is 0.407 e. The Morgan fingerprint density at radius 3 is 1.93 bits per heavy atom. The number of nitrogens with one attached hydrogen (secondary N) is 1. The summed E-state index contributed by atoms with van der Waals surface area (Å²) in [6.07, 6.45) is 14.0. The van der Waals surface area contributed by atoms with Crippen LogP contribution >= 0.6 is 0 Å². The number of hydrogen-bond acceptors (Lipinski definition) is 4. The van der Waals surface area contributed by atoms with Crippen LogP contribution in [0.2, 0.25) is 0 Å². The number of rotatable bonds is 16. The van der Waals surface area contributed by atoms with Crippen LogP contribution in [0.1, 0.15) is 111 Å². The molecule has 0 aliphatic heterocycles. The van der Waals surface area contributed by atoms with Crippen molar-refractivity contribution in [2.45, 2.75) is 117 Å². The van der Waals surface area contributed by atoms with Gasteiger partial charge in [-0.25, -0.2) is 4.79 Å². The lowest BCUT2D eigenvalue weighted by atomic mass is 10.1. The van der Waals surface area contributed by atoms with E-state index in [1.165, 1.54) is 44.9 Å². The highest BCUT2D eigenvalue weighted by molar-refractivity contribution is 5.69. The first-order valence-electron chi connectivity index (χ1n) is 11.0. The lowest BCUT2D eigenvalue weighted by molar-refractivity contribution is -0.143. The summed E-state index contributed by atoms with van der Waals surface area (Å²) in [7, 11) is 0. The number of unbranched alkanes of at least 4 members (excludes halogenated alkanes) is 10. The second-order valence-corrected chi connectivity index (χ2v) is 8.29. The van der Waals surface area contributed by atoms with Crippen molar-refractivity contribution in [1.82, 2.24) is 5.32 Å². The molecular formula is C22H43NO4. The van der Waals surface area contributed by atoms with E-state index in [1.54, 1.807) is 0 Å². The van der Waals surface area contributed by atoms with Crippen molar-refractivity contribution >= 4 is 12.1 Å². The van der Waals surface area contributed by atoms with E-state index in [4.69, 9.17) is 9.47 Å². The second kappa shape index (κ2) is 16.9. The first-order valence-corrected chi connectivity index (χ1v) is 11.0. The number of carbonyl (C=O) groups excluding carboxylic acids is 2. The zero-order valence-electron chi connectivity index (χ0n) is 18.2. The molecule has 1 N–H and O–H groups in total. The maximum Gasteiger partial charge on any atom is 0.407 e. The van der Waals surface area contributed by atoms with Gasteiger partial charge in [-0.1, -0.05) is 58.3 Å². The van der Waals surface area contributed by atoms with Gasteiger partial charge in [-0.05, 0) is 46.5 Å². The molecule has 160 valence electrons. The summed E-state index contributed by atoms with van der Waals surface area (Å²) in [5, 5.41) is 2.73. The Hall–Kier alpha value is -1.26. The molecule has 0 aromatic carbocycles. The van der Waals surface area contributed by atoms with Gasteiger partial charge in [-0.3, -0.25) is 4.79 Å². The van der Waals surface area contributed by atoms with Crippen LogP contribution in [0.3, 0.4) is 0 Å². The van der Waals surface area contributed by atoms with Crippen LogP contribution in [0.15, 0.2) is 0 Å². The molecule has 0 aromatic heterocycles. The van der Waals surface area contributed by atoms with Crippen LogP contribution in [-0.4, -0.2) is 30.8 Å². The minimum Gasteiger partial charge on any atom is -0.466 e. The van der Waals surface area contributed by atoms with Crippen molar-refractivity contribution in [3.05, 3.63) is 0 Å². The highest BCUT2D eigenvalue weighted by atomic mass is 16.6. The molecule has 0 aromatic rings. The van der Waals surface area contributed by atoms with Crippen LogP contribution in [0.4, 0.5) is 4.79 Å². The maximum atomic E-state index is 11.7. The molecule has 0 spiro atoms. The highest BCUT2D eigenvalue weighted by Crippen LogP contribution is 2.11. The first kappa shape index (κ1) is 25.7. The molecule has 0 saturated heterocycles. The molecule has 0 heterocycles. The predicted molar refractivity (Wildman–Crippen MR) is 111 cm³/mol. The van der Waals surface area contributed by atoms with Crippen molar-refractivity contribution in [3.63, 3.8) is 0 Å². The van der Waals surface area contributed by atoms with E-state index < -0.39 is 5.60 Å². The van der Waals surface area contributed by atoms with E-state index >= 15 is 0 Å². The molecule has 0 saturated carbocycles. The van der Waals surface area contributed by atoms with Crippen LogP contribution < -0.4 is 5.32 Å². The third-order valence-corrected chi connectivity index (χ3v) is 4.24. The van der Waals surface area contributed by atoms with Gasteiger partial charge < -0.3 is 14.8 Å². The standard InChI is InChI=1S/C22H43NO4/c1-5-6-7-8-9-10-11-12-14-17-20(24)26-19-16-13-15-18-23-21(25)27-22(2,3)4/h5-19H2,1-4H3,(H,23,25). The number of alkyl carbamates (subject to hydrolysis) is 1. The lowest BCUT2D eigenvalue weighted by Gasteiger charge is -2.19. The third-order valence-electron chi connectivity index (χ3n) is 4.24. The van der Waals surface area contributed by atoms with E-state index in [2.05, 4.69) is 12.2 Å².